The Morgan fingerprint density at radius 3 is 2.89 bits per heavy atom. The molecule has 0 radical (unpaired) electrons. The standard InChI is InChI=1S/C16H23ClFN/c1-11(2)12-6-4-8-16(19,9-12)10-13-5-3-7-14(17)15(13)18/h3,5,7,11-12H,4,6,8-10,19H2,1-2H3. The van der Waals surface area contributed by atoms with Crippen molar-refractivity contribution >= 4 is 11.6 Å². The average molecular weight is 284 g/mol. The van der Waals surface area contributed by atoms with Gasteiger partial charge in [-0.25, -0.2) is 4.39 Å². The Morgan fingerprint density at radius 2 is 2.21 bits per heavy atom. The molecule has 0 amide bonds. The van der Waals surface area contributed by atoms with E-state index in [4.69, 9.17) is 17.3 Å². The topological polar surface area (TPSA) is 26.0 Å². The molecule has 1 aliphatic carbocycles. The van der Waals surface area contributed by atoms with Gasteiger partial charge in [0.2, 0.25) is 0 Å². The summed E-state index contributed by atoms with van der Waals surface area (Å²) >= 11 is 5.84. The molecule has 1 aliphatic rings. The van der Waals surface area contributed by atoms with E-state index in [-0.39, 0.29) is 16.4 Å². The first kappa shape index (κ1) is 14.8. The fourth-order valence-electron chi connectivity index (χ4n) is 3.24. The highest BCUT2D eigenvalue weighted by molar-refractivity contribution is 6.30. The van der Waals surface area contributed by atoms with Gasteiger partial charge < -0.3 is 5.73 Å². The van der Waals surface area contributed by atoms with E-state index in [1.807, 2.05) is 0 Å². The van der Waals surface area contributed by atoms with Crippen molar-refractivity contribution in [3.05, 3.63) is 34.6 Å². The third-order valence-electron chi connectivity index (χ3n) is 4.44. The number of nitrogens with two attached hydrogens (primary N) is 1. The fraction of sp³-hybridized carbons (Fsp3) is 0.625. The van der Waals surface area contributed by atoms with Crippen molar-refractivity contribution < 1.29 is 4.39 Å². The summed E-state index contributed by atoms with van der Waals surface area (Å²) in [6, 6.07) is 5.18. The monoisotopic (exact) mass is 283 g/mol. The van der Waals surface area contributed by atoms with Crippen LogP contribution in [0.25, 0.3) is 0 Å². The molecule has 2 unspecified atom stereocenters. The zero-order valence-electron chi connectivity index (χ0n) is 11.8. The van der Waals surface area contributed by atoms with Gasteiger partial charge in [-0.05, 0) is 42.7 Å². The number of halogens is 2. The van der Waals surface area contributed by atoms with Crippen molar-refractivity contribution in [1.29, 1.82) is 0 Å². The lowest BCUT2D eigenvalue weighted by atomic mass is 9.70. The van der Waals surface area contributed by atoms with Gasteiger partial charge in [-0.3, -0.25) is 0 Å². The molecule has 0 spiro atoms. The summed E-state index contributed by atoms with van der Waals surface area (Å²) in [5.41, 5.74) is 6.90. The van der Waals surface area contributed by atoms with Crippen molar-refractivity contribution in [2.75, 3.05) is 0 Å². The van der Waals surface area contributed by atoms with Gasteiger partial charge in [0.1, 0.15) is 5.82 Å². The number of hydrogen-bond donors (Lipinski definition) is 1. The number of rotatable bonds is 3. The molecule has 0 aromatic heterocycles. The number of hydrogen-bond acceptors (Lipinski definition) is 1. The summed E-state index contributed by atoms with van der Waals surface area (Å²) in [4.78, 5) is 0. The molecule has 2 rings (SSSR count). The van der Waals surface area contributed by atoms with E-state index in [2.05, 4.69) is 13.8 Å². The van der Waals surface area contributed by atoms with Gasteiger partial charge >= 0.3 is 0 Å². The maximum absolute atomic E-state index is 14.0. The predicted octanol–water partition coefficient (Wildman–Crippen LogP) is 4.57. The highest BCUT2D eigenvalue weighted by Crippen LogP contribution is 2.37. The normalized spacial score (nSPS) is 27.8. The van der Waals surface area contributed by atoms with Gasteiger partial charge in [-0.2, -0.15) is 0 Å². The molecule has 2 N–H and O–H groups in total. The van der Waals surface area contributed by atoms with E-state index in [0.717, 1.165) is 19.3 Å². The molecule has 0 heterocycles. The van der Waals surface area contributed by atoms with Crippen LogP contribution < -0.4 is 5.73 Å². The molecular weight excluding hydrogens is 261 g/mol. The van der Waals surface area contributed by atoms with E-state index >= 15 is 0 Å². The minimum atomic E-state index is -0.305. The minimum Gasteiger partial charge on any atom is -0.325 e. The average Bonchev–Trinajstić information content (AvgIpc) is 2.35. The van der Waals surface area contributed by atoms with E-state index in [9.17, 15) is 4.39 Å². The zero-order chi connectivity index (χ0) is 14.0. The summed E-state index contributed by atoms with van der Waals surface area (Å²) in [6.07, 6.45) is 4.93. The van der Waals surface area contributed by atoms with Crippen LogP contribution in [0.4, 0.5) is 4.39 Å². The van der Waals surface area contributed by atoms with E-state index in [1.165, 1.54) is 6.42 Å². The van der Waals surface area contributed by atoms with Gasteiger partial charge in [0, 0.05) is 5.54 Å². The molecule has 3 heteroatoms. The van der Waals surface area contributed by atoms with Crippen LogP contribution in [0, 0.1) is 17.7 Å². The van der Waals surface area contributed by atoms with Crippen LogP contribution in [0.3, 0.4) is 0 Å². The van der Waals surface area contributed by atoms with Crippen molar-refractivity contribution in [3.8, 4) is 0 Å². The van der Waals surface area contributed by atoms with Crippen LogP contribution >= 0.6 is 11.6 Å². The summed E-state index contributed by atoms with van der Waals surface area (Å²) in [5.74, 6) is 0.995. The summed E-state index contributed by atoms with van der Waals surface area (Å²) < 4.78 is 14.0. The SMILES string of the molecule is CC(C)C1CCCC(N)(Cc2cccc(Cl)c2F)C1. The van der Waals surface area contributed by atoms with Crippen LogP contribution in [-0.4, -0.2) is 5.54 Å². The molecule has 1 saturated carbocycles. The van der Waals surface area contributed by atoms with Crippen molar-refractivity contribution in [2.24, 2.45) is 17.6 Å². The largest absolute Gasteiger partial charge is 0.325 e. The molecule has 2 atom stereocenters. The van der Waals surface area contributed by atoms with Gasteiger partial charge in [0.15, 0.2) is 0 Å². The van der Waals surface area contributed by atoms with Gasteiger partial charge in [-0.1, -0.05) is 50.4 Å². The maximum atomic E-state index is 14.0. The van der Waals surface area contributed by atoms with Crippen LogP contribution in [-0.2, 0) is 6.42 Å². The number of benzene rings is 1. The van der Waals surface area contributed by atoms with E-state index < -0.39 is 0 Å². The molecule has 0 aliphatic heterocycles. The molecule has 1 nitrogen and oxygen atoms in total. The summed E-state index contributed by atoms with van der Waals surface area (Å²) in [7, 11) is 0. The molecule has 19 heavy (non-hydrogen) atoms. The Labute approximate surface area is 120 Å². The van der Waals surface area contributed by atoms with Crippen LogP contribution in [0.2, 0.25) is 5.02 Å². The van der Waals surface area contributed by atoms with Gasteiger partial charge in [0.25, 0.3) is 0 Å². The van der Waals surface area contributed by atoms with Gasteiger partial charge in [-0.15, -0.1) is 0 Å². The molecule has 1 aromatic carbocycles. The third-order valence-corrected chi connectivity index (χ3v) is 4.73. The van der Waals surface area contributed by atoms with Crippen LogP contribution in [0.1, 0.15) is 45.1 Å². The van der Waals surface area contributed by atoms with Crippen LogP contribution in [0.5, 0.6) is 0 Å². The molecular formula is C16H23ClFN. The summed E-state index contributed by atoms with van der Waals surface area (Å²) in [5, 5.41) is 0.192. The van der Waals surface area contributed by atoms with Crippen molar-refractivity contribution in [2.45, 2.75) is 51.5 Å². The van der Waals surface area contributed by atoms with Crippen molar-refractivity contribution in [1.82, 2.24) is 0 Å². The first-order valence-electron chi connectivity index (χ1n) is 7.13. The highest BCUT2D eigenvalue weighted by atomic mass is 35.5. The highest BCUT2D eigenvalue weighted by Gasteiger charge is 2.34. The van der Waals surface area contributed by atoms with Crippen LogP contribution in [0.15, 0.2) is 18.2 Å². The molecule has 0 saturated heterocycles. The Bertz CT molecular complexity index is 446. The second kappa shape index (κ2) is 5.80. The minimum absolute atomic E-state index is 0.192. The Kier molecular flexibility index (Phi) is 4.52. The fourth-order valence-corrected chi connectivity index (χ4v) is 3.43. The quantitative estimate of drug-likeness (QED) is 0.864. The predicted molar refractivity (Wildman–Crippen MR) is 78.8 cm³/mol. The molecule has 1 fully saturated rings. The smallest absolute Gasteiger partial charge is 0.145 e. The molecule has 106 valence electrons. The first-order chi connectivity index (χ1) is 8.91. The third kappa shape index (κ3) is 3.49. The Morgan fingerprint density at radius 1 is 1.47 bits per heavy atom. The molecule has 0 bridgehead atoms. The second-order valence-corrected chi connectivity index (χ2v) is 6.76. The first-order valence-corrected chi connectivity index (χ1v) is 7.51. The van der Waals surface area contributed by atoms with E-state index in [0.29, 0.717) is 23.8 Å². The zero-order valence-corrected chi connectivity index (χ0v) is 12.5. The maximum Gasteiger partial charge on any atom is 0.145 e. The lowest BCUT2D eigenvalue weighted by molar-refractivity contribution is 0.181. The summed E-state index contributed by atoms with van der Waals surface area (Å²) in [6.45, 7) is 4.49. The van der Waals surface area contributed by atoms with Gasteiger partial charge in [0.05, 0.1) is 5.02 Å². The Balaban J connectivity index is 2.14. The lowest BCUT2D eigenvalue weighted by Crippen LogP contribution is -2.47. The lowest BCUT2D eigenvalue weighted by Gasteiger charge is -2.40. The molecule has 1 aromatic rings. The van der Waals surface area contributed by atoms with E-state index in [1.54, 1.807) is 18.2 Å². The van der Waals surface area contributed by atoms with Crippen molar-refractivity contribution in [3.63, 3.8) is 0 Å². The Hall–Kier alpha value is -0.600. The second-order valence-electron chi connectivity index (χ2n) is 6.35.